The molecule has 0 amide bonds. The first-order chi connectivity index (χ1) is 15.2. The molecule has 0 spiro atoms. The van der Waals surface area contributed by atoms with Crippen LogP contribution in [0.2, 0.25) is 0 Å². The Morgan fingerprint density at radius 2 is 1.84 bits per heavy atom. The molecule has 0 atom stereocenters. The van der Waals surface area contributed by atoms with E-state index in [1.54, 1.807) is 35.6 Å². The van der Waals surface area contributed by atoms with Crippen LogP contribution in [-0.4, -0.2) is 14.3 Å². The minimum absolute atomic E-state index is 0.0835. The third-order valence-corrected chi connectivity index (χ3v) is 6.55. The third kappa shape index (κ3) is 3.11. The second-order valence-corrected chi connectivity index (χ2v) is 9.02. The summed E-state index contributed by atoms with van der Waals surface area (Å²) >= 11 is 1.32. The van der Waals surface area contributed by atoms with Crippen LogP contribution in [0.4, 0.5) is 5.69 Å². The minimum atomic E-state index is -0.386. The lowest BCUT2D eigenvalue weighted by Gasteiger charge is -2.05. The fourth-order valence-corrected chi connectivity index (χ4v) is 5.04. The summed E-state index contributed by atoms with van der Waals surface area (Å²) in [7, 11) is 0. The van der Waals surface area contributed by atoms with Crippen molar-refractivity contribution >= 4 is 39.1 Å². The van der Waals surface area contributed by atoms with Gasteiger partial charge in [-0.05, 0) is 68.7 Å². The fraction of sp³-hybridized carbons (Fsp3) is 0.167. The molecule has 0 saturated heterocycles. The number of imidazole rings is 1. The van der Waals surface area contributed by atoms with Gasteiger partial charge in [-0.25, -0.2) is 9.38 Å². The van der Waals surface area contributed by atoms with Crippen molar-refractivity contribution in [2.45, 2.75) is 27.7 Å². The molecule has 5 rings (SSSR count). The molecule has 0 N–H and O–H groups in total. The Kier molecular flexibility index (Phi) is 4.49. The highest BCUT2D eigenvalue weighted by Crippen LogP contribution is 2.31. The van der Waals surface area contributed by atoms with E-state index >= 15 is 0 Å². The molecule has 0 fully saturated rings. The quantitative estimate of drug-likeness (QED) is 0.292. The molecular weight excluding hydrogens is 426 g/mol. The van der Waals surface area contributed by atoms with E-state index in [0.29, 0.717) is 26.6 Å². The maximum atomic E-state index is 13.1. The van der Waals surface area contributed by atoms with Crippen molar-refractivity contribution < 1.29 is 9.34 Å². The highest BCUT2D eigenvalue weighted by Gasteiger charge is 2.17. The molecule has 0 aliphatic heterocycles. The van der Waals surface area contributed by atoms with Crippen molar-refractivity contribution in [2.75, 3.05) is 0 Å². The average Bonchev–Trinajstić information content (AvgIpc) is 3.40. The highest BCUT2D eigenvalue weighted by atomic mass is 32.1. The monoisotopic (exact) mass is 445 g/mol. The smallest absolute Gasteiger partial charge is 0.275 e. The number of benzene rings is 2. The van der Waals surface area contributed by atoms with Crippen LogP contribution in [-0.2, 0) is 0 Å². The normalized spacial score (nSPS) is 12.3. The number of rotatable bonds is 3. The van der Waals surface area contributed by atoms with Crippen molar-refractivity contribution in [1.82, 2.24) is 9.38 Å². The van der Waals surface area contributed by atoms with Gasteiger partial charge in [-0.15, -0.1) is 0 Å². The zero-order valence-electron chi connectivity index (χ0n) is 17.9. The third-order valence-electron chi connectivity index (χ3n) is 5.58. The van der Waals surface area contributed by atoms with Crippen LogP contribution < -0.4 is 10.1 Å². The Hall–Kier alpha value is -3.78. The molecular formula is C24H19N3O4S. The zero-order chi connectivity index (χ0) is 22.7. The Balaban J connectivity index is 1.61. The van der Waals surface area contributed by atoms with E-state index < -0.39 is 0 Å². The first kappa shape index (κ1) is 20.1. The standard InChI is InChI=1S/C24H19N3O4S/c1-12-7-15(4)22-19(8-12)26-23(28)21(32-24(26)25-22)11-16-5-6-20(31-16)17-9-14(3)18(27(29)30)10-13(17)2/h5-11H,1-4H3/b21-11-. The maximum absolute atomic E-state index is 13.1. The van der Waals surface area contributed by atoms with Gasteiger partial charge in [0.25, 0.3) is 11.2 Å². The minimum Gasteiger partial charge on any atom is -0.457 e. The molecule has 0 bridgehead atoms. The van der Waals surface area contributed by atoms with E-state index in [9.17, 15) is 14.9 Å². The van der Waals surface area contributed by atoms with Gasteiger partial charge in [0, 0.05) is 23.3 Å². The number of aryl methyl sites for hydroxylation is 4. The largest absolute Gasteiger partial charge is 0.457 e. The number of aromatic nitrogens is 2. The molecule has 0 radical (unpaired) electrons. The number of hydrogen-bond acceptors (Lipinski definition) is 6. The summed E-state index contributed by atoms with van der Waals surface area (Å²) in [5.74, 6) is 1.13. The number of nitro groups is 1. The van der Waals surface area contributed by atoms with Gasteiger partial charge < -0.3 is 4.42 Å². The summed E-state index contributed by atoms with van der Waals surface area (Å²) in [6.45, 7) is 7.51. The molecule has 3 heterocycles. The topological polar surface area (TPSA) is 90.7 Å². The van der Waals surface area contributed by atoms with Crippen LogP contribution in [0.15, 0.2) is 45.6 Å². The lowest BCUT2D eigenvalue weighted by molar-refractivity contribution is -0.385. The summed E-state index contributed by atoms with van der Waals surface area (Å²) in [4.78, 5) is 29.2. The van der Waals surface area contributed by atoms with Crippen LogP contribution >= 0.6 is 11.3 Å². The molecule has 0 aliphatic carbocycles. The van der Waals surface area contributed by atoms with Gasteiger partial charge in [-0.3, -0.25) is 14.9 Å². The van der Waals surface area contributed by atoms with Gasteiger partial charge in [0.1, 0.15) is 16.1 Å². The Morgan fingerprint density at radius 1 is 1.06 bits per heavy atom. The number of thiazole rings is 1. The van der Waals surface area contributed by atoms with Gasteiger partial charge in [0.2, 0.25) is 0 Å². The van der Waals surface area contributed by atoms with E-state index in [0.717, 1.165) is 33.3 Å². The van der Waals surface area contributed by atoms with Crippen LogP contribution in [0.3, 0.4) is 0 Å². The summed E-state index contributed by atoms with van der Waals surface area (Å²) in [6.07, 6.45) is 1.72. The van der Waals surface area contributed by atoms with Crippen molar-refractivity contribution in [1.29, 1.82) is 0 Å². The van der Waals surface area contributed by atoms with Gasteiger partial charge >= 0.3 is 0 Å². The second kappa shape index (κ2) is 7.13. The van der Waals surface area contributed by atoms with Crippen LogP contribution in [0, 0.1) is 37.8 Å². The predicted octanol–water partition coefficient (Wildman–Crippen LogP) is 4.86. The first-order valence-electron chi connectivity index (χ1n) is 10.0. The number of nitro benzene ring substituents is 1. The predicted molar refractivity (Wildman–Crippen MR) is 125 cm³/mol. The van der Waals surface area contributed by atoms with E-state index in [2.05, 4.69) is 11.1 Å². The van der Waals surface area contributed by atoms with E-state index in [-0.39, 0.29) is 16.2 Å². The summed E-state index contributed by atoms with van der Waals surface area (Å²) in [5, 5.41) is 11.2. The van der Waals surface area contributed by atoms with Crippen LogP contribution in [0.1, 0.15) is 28.0 Å². The molecule has 3 aromatic heterocycles. The van der Waals surface area contributed by atoms with Gasteiger partial charge in [-0.2, -0.15) is 0 Å². The van der Waals surface area contributed by atoms with Crippen molar-refractivity contribution in [3.8, 4) is 11.3 Å². The Morgan fingerprint density at radius 3 is 2.59 bits per heavy atom. The molecule has 160 valence electrons. The van der Waals surface area contributed by atoms with Crippen LogP contribution in [0.5, 0.6) is 0 Å². The molecule has 7 nitrogen and oxygen atoms in total. The fourth-order valence-electron chi connectivity index (χ4n) is 4.08. The van der Waals surface area contributed by atoms with Gasteiger partial charge in [0.05, 0.1) is 16.0 Å². The Labute approximate surface area is 186 Å². The van der Waals surface area contributed by atoms with E-state index in [1.165, 1.54) is 11.3 Å². The molecule has 2 aromatic carbocycles. The number of furan rings is 1. The zero-order valence-corrected chi connectivity index (χ0v) is 18.7. The van der Waals surface area contributed by atoms with Gasteiger partial charge in [-0.1, -0.05) is 17.4 Å². The summed E-state index contributed by atoms with van der Waals surface area (Å²) < 4.78 is 8.16. The Bertz CT molecular complexity index is 1670. The lowest BCUT2D eigenvalue weighted by Crippen LogP contribution is -2.22. The lowest BCUT2D eigenvalue weighted by atomic mass is 10.0. The van der Waals surface area contributed by atoms with Crippen molar-refractivity contribution in [3.63, 3.8) is 0 Å². The maximum Gasteiger partial charge on any atom is 0.275 e. The molecule has 0 aliphatic rings. The second-order valence-electron chi connectivity index (χ2n) is 8.01. The highest BCUT2D eigenvalue weighted by molar-refractivity contribution is 7.15. The van der Waals surface area contributed by atoms with Crippen LogP contribution in [0.25, 0.3) is 33.4 Å². The molecule has 0 unspecified atom stereocenters. The van der Waals surface area contributed by atoms with Gasteiger partial charge in [0.15, 0.2) is 4.96 Å². The number of fused-ring (bicyclic) bond motifs is 3. The number of hydrogen-bond donors (Lipinski definition) is 0. The molecule has 5 aromatic rings. The van der Waals surface area contributed by atoms with E-state index in [4.69, 9.17) is 4.42 Å². The molecule has 8 heteroatoms. The molecule has 32 heavy (non-hydrogen) atoms. The summed E-state index contributed by atoms with van der Waals surface area (Å²) in [5.41, 5.74) is 5.84. The van der Waals surface area contributed by atoms with Crippen molar-refractivity contribution in [3.05, 3.63) is 89.4 Å². The summed E-state index contributed by atoms with van der Waals surface area (Å²) in [6, 6.07) is 10.9. The average molecular weight is 446 g/mol. The number of nitrogens with zero attached hydrogens (tertiary/aromatic N) is 3. The van der Waals surface area contributed by atoms with Crippen molar-refractivity contribution in [2.24, 2.45) is 0 Å². The molecule has 0 saturated carbocycles. The first-order valence-corrected chi connectivity index (χ1v) is 10.8. The van der Waals surface area contributed by atoms with E-state index in [1.807, 2.05) is 32.9 Å². The SMILES string of the molecule is Cc1cc(C)c2nc3s/c(=C\c4ccc(-c5cc(C)c([N+](=O)[O-])cc5C)o4)c(=O)n3c2c1.